The Balaban J connectivity index is 2.17. The van der Waals surface area contributed by atoms with Crippen LogP contribution >= 0.6 is 0 Å². The molecule has 1 fully saturated rings. The van der Waals surface area contributed by atoms with Gasteiger partial charge in [0, 0.05) is 31.6 Å². The monoisotopic (exact) mass is 231 g/mol. The molecule has 0 aliphatic carbocycles. The Hall–Kier alpha value is -1.31. The van der Waals surface area contributed by atoms with Gasteiger partial charge in [0.1, 0.15) is 5.78 Å². The first kappa shape index (κ1) is 12.2. The van der Waals surface area contributed by atoms with Crippen molar-refractivity contribution in [3.05, 3.63) is 29.8 Å². The van der Waals surface area contributed by atoms with Crippen LogP contribution in [0.5, 0.6) is 0 Å². The average molecular weight is 231 g/mol. The zero-order valence-corrected chi connectivity index (χ0v) is 10.6. The van der Waals surface area contributed by atoms with Crippen molar-refractivity contribution in [3.63, 3.8) is 0 Å². The van der Waals surface area contributed by atoms with E-state index in [1.807, 2.05) is 13.0 Å². The van der Waals surface area contributed by atoms with Crippen molar-refractivity contribution >= 4 is 11.5 Å². The van der Waals surface area contributed by atoms with E-state index in [-0.39, 0.29) is 0 Å². The molecule has 0 N–H and O–H groups in total. The molecule has 0 bridgehead atoms. The minimum Gasteiger partial charge on any atom is -0.371 e. The second kappa shape index (κ2) is 5.85. The Kier molecular flexibility index (Phi) is 4.18. The summed E-state index contributed by atoms with van der Waals surface area (Å²) in [6, 6.07) is 8.36. The third-order valence-electron chi connectivity index (χ3n) is 3.47. The fourth-order valence-corrected chi connectivity index (χ4v) is 2.44. The van der Waals surface area contributed by atoms with Gasteiger partial charge in [-0.25, -0.2) is 0 Å². The number of benzene rings is 1. The molecule has 1 saturated heterocycles. The number of hydrogen-bond acceptors (Lipinski definition) is 2. The van der Waals surface area contributed by atoms with E-state index in [1.165, 1.54) is 30.5 Å². The third-order valence-corrected chi connectivity index (χ3v) is 3.47. The van der Waals surface area contributed by atoms with Gasteiger partial charge in [-0.2, -0.15) is 0 Å². The third kappa shape index (κ3) is 3.09. The Morgan fingerprint density at radius 1 is 1.18 bits per heavy atom. The number of Topliss-reactive ketones (excluding diaryl/α,β-unsaturated/α-hetero) is 1. The molecule has 92 valence electrons. The molecular weight excluding hydrogens is 210 g/mol. The van der Waals surface area contributed by atoms with Gasteiger partial charge in [-0.3, -0.25) is 4.79 Å². The Morgan fingerprint density at radius 2 is 1.88 bits per heavy atom. The maximum atomic E-state index is 11.6. The minimum absolute atomic E-state index is 0.328. The molecule has 1 aliphatic rings. The van der Waals surface area contributed by atoms with Gasteiger partial charge in [-0.05, 0) is 30.9 Å². The summed E-state index contributed by atoms with van der Waals surface area (Å²) in [6.45, 7) is 4.21. The summed E-state index contributed by atoms with van der Waals surface area (Å²) in [5, 5.41) is 0. The predicted octanol–water partition coefficient (Wildman–Crippen LogP) is 3.20. The molecule has 2 heteroatoms. The van der Waals surface area contributed by atoms with Crippen molar-refractivity contribution in [2.75, 3.05) is 18.0 Å². The van der Waals surface area contributed by atoms with Crippen molar-refractivity contribution in [1.29, 1.82) is 0 Å². The minimum atomic E-state index is 0.328. The first-order valence-corrected chi connectivity index (χ1v) is 6.66. The molecule has 0 atom stereocenters. The van der Waals surface area contributed by atoms with E-state index in [0.29, 0.717) is 18.6 Å². The van der Waals surface area contributed by atoms with E-state index in [4.69, 9.17) is 0 Å². The van der Waals surface area contributed by atoms with Crippen LogP contribution in [0.25, 0.3) is 0 Å². The Labute approximate surface area is 104 Å². The van der Waals surface area contributed by atoms with Crippen molar-refractivity contribution in [1.82, 2.24) is 0 Å². The lowest BCUT2D eigenvalue weighted by molar-refractivity contribution is -0.118. The molecule has 1 heterocycles. The van der Waals surface area contributed by atoms with Crippen LogP contribution in [0.15, 0.2) is 24.3 Å². The van der Waals surface area contributed by atoms with E-state index in [1.54, 1.807) is 0 Å². The quantitative estimate of drug-likeness (QED) is 0.793. The average Bonchev–Trinajstić information content (AvgIpc) is 2.40. The number of para-hydroxylation sites is 1. The van der Waals surface area contributed by atoms with Gasteiger partial charge in [-0.1, -0.05) is 25.1 Å². The molecule has 0 spiro atoms. The highest BCUT2D eigenvalue weighted by atomic mass is 16.1. The summed E-state index contributed by atoms with van der Waals surface area (Å²) < 4.78 is 0. The van der Waals surface area contributed by atoms with E-state index < -0.39 is 0 Å². The predicted molar refractivity (Wildman–Crippen MR) is 71.5 cm³/mol. The van der Waals surface area contributed by atoms with Crippen LogP contribution < -0.4 is 4.90 Å². The highest BCUT2D eigenvalue weighted by molar-refractivity contribution is 5.82. The smallest absolute Gasteiger partial charge is 0.137 e. The number of piperidine rings is 1. The highest BCUT2D eigenvalue weighted by Gasteiger charge is 2.14. The van der Waals surface area contributed by atoms with E-state index in [2.05, 4.69) is 23.1 Å². The van der Waals surface area contributed by atoms with E-state index in [0.717, 1.165) is 13.1 Å². The number of hydrogen-bond donors (Lipinski definition) is 0. The van der Waals surface area contributed by atoms with Crippen LogP contribution in [-0.2, 0) is 11.2 Å². The molecule has 1 aliphatic heterocycles. The van der Waals surface area contributed by atoms with Gasteiger partial charge in [0.05, 0.1) is 0 Å². The van der Waals surface area contributed by atoms with Crippen LogP contribution in [0, 0.1) is 0 Å². The first-order valence-electron chi connectivity index (χ1n) is 6.66. The summed E-state index contributed by atoms with van der Waals surface area (Å²) >= 11 is 0. The summed E-state index contributed by atoms with van der Waals surface area (Å²) in [4.78, 5) is 14.0. The number of ketones is 1. The molecule has 17 heavy (non-hydrogen) atoms. The van der Waals surface area contributed by atoms with Gasteiger partial charge < -0.3 is 4.90 Å². The zero-order valence-electron chi connectivity index (χ0n) is 10.6. The summed E-state index contributed by atoms with van der Waals surface area (Å²) in [5.74, 6) is 0.328. The molecule has 0 aromatic heterocycles. The maximum Gasteiger partial charge on any atom is 0.137 e. The van der Waals surface area contributed by atoms with E-state index in [9.17, 15) is 4.79 Å². The number of carbonyl (C=O) groups excluding carboxylic acids is 1. The topological polar surface area (TPSA) is 20.3 Å². The van der Waals surface area contributed by atoms with Crippen molar-refractivity contribution in [2.24, 2.45) is 0 Å². The van der Waals surface area contributed by atoms with Crippen LogP contribution in [0.3, 0.4) is 0 Å². The van der Waals surface area contributed by atoms with Gasteiger partial charge in [-0.15, -0.1) is 0 Å². The highest BCUT2D eigenvalue weighted by Crippen LogP contribution is 2.24. The summed E-state index contributed by atoms with van der Waals surface area (Å²) in [6.07, 6.45) is 5.11. The molecule has 1 aromatic carbocycles. The molecule has 1 aromatic rings. The number of rotatable bonds is 4. The molecular formula is C15H21NO. The number of carbonyl (C=O) groups is 1. The molecule has 2 nitrogen and oxygen atoms in total. The molecule has 0 unspecified atom stereocenters. The van der Waals surface area contributed by atoms with Crippen LogP contribution in [0.2, 0.25) is 0 Å². The van der Waals surface area contributed by atoms with Crippen LogP contribution in [-0.4, -0.2) is 18.9 Å². The lowest BCUT2D eigenvalue weighted by atomic mass is 10.0. The standard InChI is InChI=1S/C15H21NO/c1-2-14(17)12-13-8-4-5-9-15(13)16-10-6-3-7-11-16/h4-5,8-9H,2-3,6-7,10-12H2,1H3. The fraction of sp³-hybridized carbons (Fsp3) is 0.533. The molecule has 0 saturated carbocycles. The summed E-state index contributed by atoms with van der Waals surface area (Å²) in [5.41, 5.74) is 2.47. The van der Waals surface area contributed by atoms with Crippen LogP contribution in [0.1, 0.15) is 38.2 Å². The van der Waals surface area contributed by atoms with Gasteiger partial charge >= 0.3 is 0 Å². The van der Waals surface area contributed by atoms with E-state index >= 15 is 0 Å². The van der Waals surface area contributed by atoms with Crippen LogP contribution in [0.4, 0.5) is 5.69 Å². The normalized spacial score (nSPS) is 15.9. The molecule has 0 amide bonds. The number of nitrogens with zero attached hydrogens (tertiary/aromatic N) is 1. The molecule has 2 rings (SSSR count). The van der Waals surface area contributed by atoms with Gasteiger partial charge in [0.15, 0.2) is 0 Å². The lowest BCUT2D eigenvalue weighted by Crippen LogP contribution is -2.30. The maximum absolute atomic E-state index is 11.6. The lowest BCUT2D eigenvalue weighted by Gasteiger charge is -2.30. The second-order valence-corrected chi connectivity index (χ2v) is 4.75. The largest absolute Gasteiger partial charge is 0.371 e. The van der Waals surface area contributed by atoms with Crippen molar-refractivity contribution in [3.8, 4) is 0 Å². The van der Waals surface area contributed by atoms with Gasteiger partial charge in [0.2, 0.25) is 0 Å². The van der Waals surface area contributed by atoms with Crippen molar-refractivity contribution in [2.45, 2.75) is 39.0 Å². The second-order valence-electron chi connectivity index (χ2n) is 4.75. The Bertz CT molecular complexity index is 380. The SMILES string of the molecule is CCC(=O)Cc1ccccc1N1CCCCC1. The summed E-state index contributed by atoms with van der Waals surface area (Å²) in [7, 11) is 0. The number of anilines is 1. The fourth-order valence-electron chi connectivity index (χ4n) is 2.44. The Morgan fingerprint density at radius 3 is 2.59 bits per heavy atom. The molecule has 0 radical (unpaired) electrons. The first-order chi connectivity index (χ1) is 8.31. The van der Waals surface area contributed by atoms with Gasteiger partial charge in [0.25, 0.3) is 0 Å². The zero-order chi connectivity index (χ0) is 12.1. The van der Waals surface area contributed by atoms with Crippen molar-refractivity contribution < 1.29 is 4.79 Å².